The summed E-state index contributed by atoms with van der Waals surface area (Å²) in [5.74, 6) is 0.225. The summed E-state index contributed by atoms with van der Waals surface area (Å²) >= 11 is 0. The molecule has 0 bridgehead atoms. The number of rotatable bonds is 4. The van der Waals surface area contributed by atoms with Gasteiger partial charge in [0.05, 0.1) is 16.7 Å². The molecule has 0 fully saturated rings. The van der Waals surface area contributed by atoms with Crippen LogP contribution in [0.2, 0.25) is 0 Å². The number of aryl methyl sites for hydroxylation is 1. The summed E-state index contributed by atoms with van der Waals surface area (Å²) in [5.41, 5.74) is 1.22. The van der Waals surface area contributed by atoms with Crippen LogP contribution in [-0.2, 0) is 16.4 Å². The van der Waals surface area contributed by atoms with E-state index in [0.717, 1.165) is 0 Å². The van der Waals surface area contributed by atoms with Gasteiger partial charge in [-0.25, -0.2) is 13.6 Å². The van der Waals surface area contributed by atoms with Crippen LogP contribution in [-0.4, -0.2) is 14.3 Å². The minimum absolute atomic E-state index is 0.0109. The van der Waals surface area contributed by atoms with E-state index in [2.05, 4.69) is 5.32 Å². The van der Waals surface area contributed by atoms with Crippen molar-refractivity contribution in [2.75, 3.05) is 5.32 Å². The third-order valence-electron chi connectivity index (χ3n) is 3.15. The van der Waals surface area contributed by atoms with Gasteiger partial charge in [-0.1, -0.05) is 13.0 Å². The van der Waals surface area contributed by atoms with Crippen molar-refractivity contribution in [2.24, 2.45) is 5.14 Å². The number of hydrogen-bond donors (Lipinski definition) is 2. The largest absolute Gasteiger partial charge is 0.469 e. The van der Waals surface area contributed by atoms with Gasteiger partial charge in [0, 0.05) is 12.1 Å². The predicted molar refractivity (Wildman–Crippen MR) is 78.6 cm³/mol. The number of anilines is 1. The predicted octanol–water partition coefficient (Wildman–Crippen LogP) is 2.05. The highest BCUT2D eigenvalue weighted by atomic mass is 32.2. The van der Waals surface area contributed by atoms with Crippen molar-refractivity contribution < 1.29 is 17.6 Å². The molecule has 112 valence electrons. The summed E-state index contributed by atoms with van der Waals surface area (Å²) in [4.78, 5) is 12.2. The van der Waals surface area contributed by atoms with Gasteiger partial charge in [-0.3, -0.25) is 4.79 Å². The second-order valence-electron chi connectivity index (χ2n) is 4.54. The number of nitrogens with one attached hydrogen (secondary N) is 1. The third kappa shape index (κ3) is 3.14. The first kappa shape index (κ1) is 15.3. The molecule has 2 aromatic rings. The third-order valence-corrected chi connectivity index (χ3v) is 4.21. The van der Waals surface area contributed by atoms with E-state index in [9.17, 15) is 13.2 Å². The van der Waals surface area contributed by atoms with E-state index in [4.69, 9.17) is 9.56 Å². The number of carbonyl (C=O) groups excluding carboxylic acids is 1. The van der Waals surface area contributed by atoms with Crippen molar-refractivity contribution in [3.8, 4) is 0 Å². The van der Waals surface area contributed by atoms with Gasteiger partial charge in [0.15, 0.2) is 0 Å². The van der Waals surface area contributed by atoms with Gasteiger partial charge in [0.1, 0.15) is 5.76 Å². The Bertz CT molecular complexity index is 778. The highest BCUT2D eigenvalue weighted by molar-refractivity contribution is 7.89. The lowest BCUT2D eigenvalue weighted by atomic mass is 10.1. The van der Waals surface area contributed by atoms with E-state index >= 15 is 0 Å². The van der Waals surface area contributed by atoms with Crippen LogP contribution >= 0.6 is 0 Å². The number of nitrogens with two attached hydrogens (primary N) is 1. The number of furan rings is 1. The SMILES string of the molecule is CCc1occc1C(=O)Nc1cccc(S(N)(=O)=O)c1C. The Morgan fingerprint density at radius 3 is 2.67 bits per heavy atom. The monoisotopic (exact) mass is 308 g/mol. The molecule has 0 atom stereocenters. The molecule has 0 spiro atoms. The van der Waals surface area contributed by atoms with Gasteiger partial charge in [-0.2, -0.15) is 0 Å². The van der Waals surface area contributed by atoms with Crippen LogP contribution < -0.4 is 10.5 Å². The molecule has 1 amide bonds. The Morgan fingerprint density at radius 1 is 1.33 bits per heavy atom. The molecule has 0 aliphatic carbocycles. The quantitative estimate of drug-likeness (QED) is 0.902. The molecule has 1 aromatic heterocycles. The Balaban J connectivity index is 2.35. The van der Waals surface area contributed by atoms with E-state index in [1.807, 2.05) is 6.92 Å². The van der Waals surface area contributed by atoms with Gasteiger partial charge in [0.25, 0.3) is 5.91 Å². The number of amides is 1. The molecule has 0 saturated heterocycles. The second kappa shape index (κ2) is 5.71. The lowest BCUT2D eigenvalue weighted by Gasteiger charge is -2.11. The van der Waals surface area contributed by atoms with Gasteiger partial charge in [-0.05, 0) is 30.7 Å². The Hall–Kier alpha value is -2.12. The molecule has 0 radical (unpaired) electrons. The Kier molecular flexibility index (Phi) is 4.15. The lowest BCUT2D eigenvalue weighted by molar-refractivity contribution is 0.102. The molecule has 3 N–H and O–H groups in total. The van der Waals surface area contributed by atoms with Crippen LogP contribution in [0.15, 0.2) is 39.8 Å². The van der Waals surface area contributed by atoms with Crippen LogP contribution in [0, 0.1) is 6.92 Å². The summed E-state index contributed by atoms with van der Waals surface area (Å²) in [5, 5.41) is 7.82. The highest BCUT2D eigenvalue weighted by Gasteiger charge is 2.17. The van der Waals surface area contributed by atoms with Gasteiger partial charge in [0.2, 0.25) is 10.0 Å². The van der Waals surface area contributed by atoms with E-state index in [1.165, 1.54) is 18.4 Å². The maximum Gasteiger partial charge on any atom is 0.259 e. The molecular weight excluding hydrogens is 292 g/mol. The topological polar surface area (TPSA) is 102 Å². The van der Waals surface area contributed by atoms with Crippen LogP contribution in [0.1, 0.15) is 28.6 Å². The van der Waals surface area contributed by atoms with Crippen molar-refractivity contribution in [3.63, 3.8) is 0 Å². The fourth-order valence-electron chi connectivity index (χ4n) is 2.06. The molecule has 1 aromatic carbocycles. The van der Waals surface area contributed by atoms with Gasteiger partial charge >= 0.3 is 0 Å². The van der Waals surface area contributed by atoms with E-state index < -0.39 is 10.0 Å². The van der Waals surface area contributed by atoms with Crippen molar-refractivity contribution in [3.05, 3.63) is 47.4 Å². The van der Waals surface area contributed by atoms with Crippen molar-refractivity contribution >= 4 is 21.6 Å². The molecule has 6 nitrogen and oxygen atoms in total. The fourth-order valence-corrected chi connectivity index (χ4v) is 2.87. The van der Waals surface area contributed by atoms with E-state index in [-0.39, 0.29) is 10.8 Å². The first-order valence-corrected chi connectivity index (χ1v) is 7.89. The van der Waals surface area contributed by atoms with Crippen LogP contribution in [0.5, 0.6) is 0 Å². The number of sulfonamides is 1. The summed E-state index contributed by atoms with van der Waals surface area (Å²) in [6.07, 6.45) is 2.04. The molecule has 21 heavy (non-hydrogen) atoms. The fraction of sp³-hybridized carbons (Fsp3) is 0.214. The first-order chi connectivity index (χ1) is 9.84. The molecule has 0 aliphatic heterocycles. The minimum Gasteiger partial charge on any atom is -0.469 e. The highest BCUT2D eigenvalue weighted by Crippen LogP contribution is 2.23. The van der Waals surface area contributed by atoms with E-state index in [1.54, 1.807) is 19.1 Å². The molecular formula is C14H16N2O4S. The van der Waals surface area contributed by atoms with Crippen molar-refractivity contribution in [1.29, 1.82) is 0 Å². The zero-order valence-electron chi connectivity index (χ0n) is 11.7. The normalized spacial score (nSPS) is 11.4. The van der Waals surface area contributed by atoms with Gasteiger partial charge < -0.3 is 9.73 Å². The van der Waals surface area contributed by atoms with Crippen LogP contribution in [0.4, 0.5) is 5.69 Å². The number of carbonyl (C=O) groups is 1. The molecule has 7 heteroatoms. The number of primary sulfonamides is 1. The zero-order chi connectivity index (χ0) is 15.6. The summed E-state index contributed by atoms with van der Waals surface area (Å²) in [7, 11) is -3.83. The maximum absolute atomic E-state index is 12.2. The molecule has 1 heterocycles. The second-order valence-corrected chi connectivity index (χ2v) is 6.07. The zero-order valence-corrected chi connectivity index (χ0v) is 12.5. The first-order valence-electron chi connectivity index (χ1n) is 6.34. The average Bonchev–Trinajstić information content (AvgIpc) is 2.88. The standard InChI is InChI=1S/C14H16N2O4S/c1-3-12-10(7-8-20-12)14(17)16-11-5-4-6-13(9(11)2)21(15,18)19/h4-8H,3H2,1-2H3,(H,16,17)(H2,15,18,19). The molecule has 0 unspecified atom stereocenters. The summed E-state index contributed by atoms with van der Waals surface area (Å²) < 4.78 is 28.1. The Labute approximate surface area is 123 Å². The summed E-state index contributed by atoms with van der Waals surface area (Å²) in [6.45, 7) is 3.47. The van der Waals surface area contributed by atoms with Crippen molar-refractivity contribution in [1.82, 2.24) is 0 Å². The van der Waals surface area contributed by atoms with Crippen LogP contribution in [0.3, 0.4) is 0 Å². The van der Waals surface area contributed by atoms with Crippen LogP contribution in [0.25, 0.3) is 0 Å². The molecule has 2 rings (SSSR count). The molecule has 0 aliphatic rings. The number of benzene rings is 1. The summed E-state index contributed by atoms with van der Waals surface area (Å²) in [6, 6.07) is 6.12. The number of hydrogen-bond acceptors (Lipinski definition) is 4. The molecule has 0 saturated carbocycles. The maximum atomic E-state index is 12.2. The Morgan fingerprint density at radius 2 is 2.05 bits per heavy atom. The smallest absolute Gasteiger partial charge is 0.259 e. The average molecular weight is 308 g/mol. The van der Waals surface area contributed by atoms with Crippen molar-refractivity contribution in [2.45, 2.75) is 25.2 Å². The minimum atomic E-state index is -3.83. The lowest BCUT2D eigenvalue weighted by Crippen LogP contribution is -2.17. The van der Waals surface area contributed by atoms with E-state index in [0.29, 0.717) is 29.0 Å². The van der Waals surface area contributed by atoms with Gasteiger partial charge in [-0.15, -0.1) is 0 Å².